The third kappa shape index (κ3) is 3.18. The molecular formula is C12H8BrCl2N3O. The summed E-state index contributed by atoms with van der Waals surface area (Å²) in [5.41, 5.74) is 6.86. The highest BCUT2D eigenvalue weighted by Gasteiger charge is 2.12. The molecule has 1 amide bonds. The summed E-state index contributed by atoms with van der Waals surface area (Å²) in [6.07, 6.45) is 3.16. The van der Waals surface area contributed by atoms with Crippen molar-refractivity contribution in [3.8, 4) is 0 Å². The van der Waals surface area contributed by atoms with Gasteiger partial charge < -0.3 is 11.1 Å². The Kier molecular flexibility index (Phi) is 4.29. The van der Waals surface area contributed by atoms with Crippen LogP contribution in [0.2, 0.25) is 10.0 Å². The predicted molar refractivity (Wildman–Crippen MR) is 80.8 cm³/mol. The Balaban J connectivity index is 2.28. The molecule has 0 fully saturated rings. The van der Waals surface area contributed by atoms with Crippen molar-refractivity contribution in [3.63, 3.8) is 0 Å². The van der Waals surface area contributed by atoms with Gasteiger partial charge in [-0.25, -0.2) is 0 Å². The van der Waals surface area contributed by atoms with Crippen LogP contribution in [0.5, 0.6) is 0 Å². The Morgan fingerprint density at radius 1 is 1.37 bits per heavy atom. The standard InChI is InChI=1S/C12H8BrCl2N3O/c13-7-5-17-2-1-10(7)18-12(19)6-3-8(14)11(15)9(16)4-6/h1-5H,16H2,(H,17,18,19). The molecule has 0 spiro atoms. The molecule has 19 heavy (non-hydrogen) atoms. The predicted octanol–water partition coefficient (Wildman–Crippen LogP) is 3.99. The number of hydrogen-bond donors (Lipinski definition) is 2. The molecule has 1 heterocycles. The second-order valence-corrected chi connectivity index (χ2v) is 5.31. The molecule has 0 saturated heterocycles. The number of nitrogens with two attached hydrogens (primary N) is 1. The summed E-state index contributed by atoms with van der Waals surface area (Å²) in [5.74, 6) is -0.336. The van der Waals surface area contributed by atoms with E-state index < -0.39 is 0 Å². The number of halogens is 3. The van der Waals surface area contributed by atoms with Crippen molar-refractivity contribution in [2.24, 2.45) is 0 Å². The molecule has 4 nitrogen and oxygen atoms in total. The van der Waals surface area contributed by atoms with Crippen LogP contribution < -0.4 is 11.1 Å². The largest absolute Gasteiger partial charge is 0.397 e. The topological polar surface area (TPSA) is 68.0 Å². The van der Waals surface area contributed by atoms with E-state index in [-0.39, 0.29) is 21.6 Å². The second kappa shape index (κ2) is 5.77. The lowest BCUT2D eigenvalue weighted by Gasteiger charge is -2.09. The van der Waals surface area contributed by atoms with Crippen molar-refractivity contribution in [1.82, 2.24) is 4.98 Å². The maximum absolute atomic E-state index is 12.1. The Morgan fingerprint density at radius 3 is 2.74 bits per heavy atom. The van der Waals surface area contributed by atoms with E-state index in [4.69, 9.17) is 28.9 Å². The van der Waals surface area contributed by atoms with Crippen LogP contribution in [0.25, 0.3) is 0 Å². The van der Waals surface area contributed by atoms with E-state index >= 15 is 0 Å². The normalized spacial score (nSPS) is 10.3. The molecule has 1 aromatic carbocycles. The molecule has 7 heteroatoms. The monoisotopic (exact) mass is 359 g/mol. The average molecular weight is 361 g/mol. The Morgan fingerprint density at radius 2 is 2.11 bits per heavy atom. The van der Waals surface area contributed by atoms with Crippen LogP contribution in [0, 0.1) is 0 Å². The van der Waals surface area contributed by atoms with Crippen molar-refractivity contribution >= 4 is 56.4 Å². The number of anilines is 2. The van der Waals surface area contributed by atoms with E-state index in [0.29, 0.717) is 15.7 Å². The van der Waals surface area contributed by atoms with Gasteiger partial charge in [0, 0.05) is 18.0 Å². The highest BCUT2D eigenvalue weighted by molar-refractivity contribution is 9.10. The minimum atomic E-state index is -0.336. The Labute approximate surface area is 128 Å². The summed E-state index contributed by atoms with van der Waals surface area (Å²) in [5, 5.41) is 3.19. The first-order valence-electron chi connectivity index (χ1n) is 5.14. The number of nitrogens with one attached hydrogen (secondary N) is 1. The fraction of sp³-hybridized carbons (Fsp3) is 0. The van der Waals surface area contributed by atoms with Crippen LogP contribution in [-0.4, -0.2) is 10.9 Å². The Bertz CT molecular complexity index is 626. The van der Waals surface area contributed by atoms with Crippen molar-refractivity contribution in [2.75, 3.05) is 11.1 Å². The number of benzene rings is 1. The SMILES string of the molecule is Nc1cc(C(=O)Nc2ccncc2Br)cc(Cl)c1Cl. The maximum Gasteiger partial charge on any atom is 0.255 e. The van der Waals surface area contributed by atoms with Gasteiger partial charge in [0.2, 0.25) is 0 Å². The van der Waals surface area contributed by atoms with Crippen molar-refractivity contribution in [2.45, 2.75) is 0 Å². The minimum absolute atomic E-state index is 0.237. The third-order valence-corrected chi connectivity index (χ3v) is 3.79. The van der Waals surface area contributed by atoms with Crippen molar-refractivity contribution in [1.29, 1.82) is 0 Å². The van der Waals surface area contributed by atoms with Gasteiger partial charge in [0.05, 0.1) is 25.9 Å². The lowest BCUT2D eigenvalue weighted by Crippen LogP contribution is -2.13. The molecule has 0 saturated carbocycles. The van der Waals surface area contributed by atoms with Gasteiger partial charge >= 0.3 is 0 Å². The molecule has 1 aromatic heterocycles. The van der Waals surface area contributed by atoms with E-state index in [1.54, 1.807) is 18.5 Å². The van der Waals surface area contributed by atoms with Gasteiger partial charge in [-0.15, -0.1) is 0 Å². The van der Waals surface area contributed by atoms with E-state index in [1.807, 2.05) is 0 Å². The number of carbonyl (C=O) groups excluding carboxylic acids is 1. The zero-order valence-corrected chi connectivity index (χ0v) is 12.6. The molecule has 0 radical (unpaired) electrons. The lowest BCUT2D eigenvalue weighted by molar-refractivity contribution is 0.102. The number of nitrogens with zero attached hydrogens (tertiary/aromatic N) is 1. The number of amides is 1. The Hall–Kier alpha value is -1.30. The molecule has 3 N–H and O–H groups in total. The molecule has 0 aliphatic heterocycles. The molecule has 2 rings (SSSR count). The lowest BCUT2D eigenvalue weighted by atomic mass is 10.2. The summed E-state index contributed by atoms with van der Waals surface area (Å²) in [6.45, 7) is 0. The van der Waals surface area contributed by atoms with Crippen LogP contribution in [-0.2, 0) is 0 Å². The second-order valence-electron chi connectivity index (χ2n) is 3.67. The molecular weight excluding hydrogens is 353 g/mol. The minimum Gasteiger partial charge on any atom is -0.397 e. The summed E-state index contributed by atoms with van der Waals surface area (Å²) < 4.78 is 0.677. The molecule has 98 valence electrons. The molecule has 0 aliphatic rings. The van der Waals surface area contributed by atoms with Crippen molar-refractivity contribution < 1.29 is 4.79 Å². The zero-order valence-electron chi connectivity index (χ0n) is 9.45. The fourth-order valence-corrected chi connectivity index (χ4v) is 2.10. The molecule has 0 atom stereocenters. The third-order valence-electron chi connectivity index (χ3n) is 2.34. The smallest absolute Gasteiger partial charge is 0.255 e. The van der Waals surface area contributed by atoms with Gasteiger partial charge in [0.1, 0.15) is 0 Å². The van der Waals surface area contributed by atoms with E-state index in [1.165, 1.54) is 12.1 Å². The molecule has 0 unspecified atom stereocenters. The van der Waals surface area contributed by atoms with Crippen LogP contribution in [0.3, 0.4) is 0 Å². The van der Waals surface area contributed by atoms with Crippen LogP contribution in [0.4, 0.5) is 11.4 Å². The van der Waals surface area contributed by atoms with Crippen LogP contribution >= 0.6 is 39.1 Å². The fourth-order valence-electron chi connectivity index (χ4n) is 1.41. The number of hydrogen-bond acceptors (Lipinski definition) is 3. The zero-order chi connectivity index (χ0) is 14.0. The first-order chi connectivity index (χ1) is 8.99. The van der Waals surface area contributed by atoms with E-state index in [9.17, 15) is 4.79 Å². The maximum atomic E-state index is 12.1. The first kappa shape index (κ1) is 14.1. The average Bonchev–Trinajstić information content (AvgIpc) is 2.38. The van der Waals surface area contributed by atoms with Crippen molar-refractivity contribution in [3.05, 3.63) is 50.7 Å². The van der Waals surface area contributed by atoms with Gasteiger partial charge in [-0.05, 0) is 34.1 Å². The van der Waals surface area contributed by atoms with E-state index in [0.717, 1.165) is 0 Å². The van der Waals surface area contributed by atoms with Crippen LogP contribution in [0.15, 0.2) is 35.1 Å². The van der Waals surface area contributed by atoms with Gasteiger partial charge in [-0.1, -0.05) is 23.2 Å². The van der Waals surface area contributed by atoms with E-state index in [2.05, 4.69) is 26.2 Å². The number of carbonyl (C=O) groups is 1. The molecule has 0 bridgehead atoms. The summed E-state index contributed by atoms with van der Waals surface area (Å²) in [7, 11) is 0. The number of pyridine rings is 1. The number of rotatable bonds is 2. The molecule has 0 aliphatic carbocycles. The van der Waals surface area contributed by atoms with Crippen LogP contribution in [0.1, 0.15) is 10.4 Å². The van der Waals surface area contributed by atoms with Gasteiger partial charge in [-0.3, -0.25) is 9.78 Å². The number of nitrogen functional groups attached to an aromatic ring is 1. The van der Waals surface area contributed by atoms with Gasteiger partial charge in [0.15, 0.2) is 0 Å². The molecule has 2 aromatic rings. The highest BCUT2D eigenvalue weighted by Crippen LogP contribution is 2.30. The highest BCUT2D eigenvalue weighted by atomic mass is 79.9. The first-order valence-corrected chi connectivity index (χ1v) is 6.69. The summed E-state index contributed by atoms with van der Waals surface area (Å²) in [4.78, 5) is 16.0. The summed E-state index contributed by atoms with van der Waals surface area (Å²) >= 11 is 15.0. The van der Waals surface area contributed by atoms with Gasteiger partial charge in [0.25, 0.3) is 5.91 Å². The quantitative estimate of drug-likeness (QED) is 0.795. The number of aromatic nitrogens is 1. The summed E-state index contributed by atoms with van der Waals surface area (Å²) in [6, 6.07) is 4.60. The van der Waals surface area contributed by atoms with Gasteiger partial charge in [-0.2, -0.15) is 0 Å².